The lowest BCUT2D eigenvalue weighted by molar-refractivity contribution is 0.0933. The predicted molar refractivity (Wildman–Crippen MR) is 147 cm³/mol. The molecule has 14 heteroatoms. The molecular weight excluding hydrogens is 564 g/mol. The molecule has 3 aromatic rings. The van der Waals surface area contributed by atoms with Gasteiger partial charge in [0.2, 0.25) is 10.0 Å². The van der Waals surface area contributed by atoms with E-state index < -0.39 is 31.9 Å². The summed E-state index contributed by atoms with van der Waals surface area (Å²) in [5.74, 6) is -0.574. The molecule has 0 N–H and O–H groups in total. The standard InChI is InChI=1S/C25H28N4O7S3/c1-4-12-29-21-11-10-20(38(3,32)33)17-22(21)37-24(29)26-23(30)18-6-8-19(9-7-18)39(34,35)28-15-13-27(14-16-28)25(31)36-5-2/h4,6-11,17H,1,5,12-16H2,2-3H3. The number of benzene rings is 2. The Balaban J connectivity index is 1.57. The number of amides is 2. The second-order valence-electron chi connectivity index (χ2n) is 8.72. The molecule has 1 aliphatic rings. The van der Waals surface area contributed by atoms with Crippen LogP contribution in [0.3, 0.4) is 0 Å². The molecule has 0 saturated carbocycles. The minimum absolute atomic E-state index is 0.0283. The second-order valence-corrected chi connectivity index (χ2v) is 13.7. The van der Waals surface area contributed by atoms with Gasteiger partial charge < -0.3 is 14.2 Å². The van der Waals surface area contributed by atoms with Gasteiger partial charge in [0, 0.05) is 44.5 Å². The number of aromatic nitrogens is 1. The molecule has 1 aromatic heterocycles. The van der Waals surface area contributed by atoms with Crippen molar-refractivity contribution < 1.29 is 31.2 Å². The van der Waals surface area contributed by atoms with Crippen molar-refractivity contribution in [2.45, 2.75) is 23.3 Å². The van der Waals surface area contributed by atoms with Gasteiger partial charge in [0.1, 0.15) is 0 Å². The minimum Gasteiger partial charge on any atom is -0.450 e. The molecule has 2 heterocycles. The van der Waals surface area contributed by atoms with Gasteiger partial charge in [-0.25, -0.2) is 21.6 Å². The number of ether oxygens (including phenoxy) is 1. The van der Waals surface area contributed by atoms with E-state index in [0.29, 0.717) is 21.6 Å². The van der Waals surface area contributed by atoms with Crippen LogP contribution in [-0.2, 0) is 31.1 Å². The van der Waals surface area contributed by atoms with Gasteiger partial charge in [-0.2, -0.15) is 9.30 Å². The number of allylic oxidation sites excluding steroid dienone is 1. The van der Waals surface area contributed by atoms with Crippen LogP contribution in [0.2, 0.25) is 0 Å². The van der Waals surface area contributed by atoms with E-state index in [1.807, 2.05) is 0 Å². The molecule has 2 aromatic carbocycles. The summed E-state index contributed by atoms with van der Waals surface area (Å²) in [6.07, 6.45) is 2.30. The number of rotatable bonds is 7. The van der Waals surface area contributed by atoms with Crippen molar-refractivity contribution >= 4 is 53.4 Å². The monoisotopic (exact) mass is 592 g/mol. The third-order valence-corrected chi connectivity index (χ3v) is 10.2. The van der Waals surface area contributed by atoms with Crippen LogP contribution in [0.15, 0.2) is 69.9 Å². The number of piperazine rings is 1. The molecule has 1 aliphatic heterocycles. The molecule has 0 aliphatic carbocycles. The van der Waals surface area contributed by atoms with Crippen molar-refractivity contribution in [3.05, 3.63) is 65.5 Å². The van der Waals surface area contributed by atoms with Gasteiger partial charge in [0.15, 0.2) is 14.6 Å². The van der Waals surface area contributed by atoms with E-state index in [1.54, 1.807) is 29.7 Å². The largest absolute Gasteiger partial charge is 0.450 e. The molecule has 0 atom stereocenters. The number of hydrogen-bond donors (Lipinski definition) is 0. The van der Waals surface area contributed by atoms with Crippen molar-refractivity contribution in [2.75, 3.05) is 39.0 Å². The van der Waals surface area contributed by atoms with Gasteiger partial charge >= 0.3 is 6.09 Å². The van der Waals surface area contributed by atoms with E-state index in [-0.39, 0.29) is 48.1 Å². The SMILES string of the molecule is C=CCn1c(=NC(=O)c2ccc(S(=O)(=O)N3CCN(C(=O)OCC)CC3)cc2)sc2cc(S(C)(=O)=O)ccc21. The van der Waals surface area contributed by atoms with Crippen LogP contribution in [0.5, 0.6) is 0 Å². The molecule has 1 saturated heterocycles. The summed E-state index contributed by atoms with van der Waals surface area (Å²) in [4.78, 5) is 31.1. The molecule has 11 nitrogen and oxygen atoms in total. The zero-order valence-electron chi connectivity index (χ0n) is 21.4. The average molecular weight is 593 g/mol. The van der Waals surface area contributed by atoms with E-state index in [2.05, 4.69) is 11.6 Å². The first-order valence-electron chi connectivity index (χ1n) is 12.0. The summed E-state index contributed by atoms with van der Waals surface area (Å²) in [6.45, 7) is 6.76. The lowest BCUT2D eigenvalue weighted by Crippen LogP contribution is -2.50. The number of hydrogen-bond acceptors (Lipinski definition) is 8. The molecule has 2 amide bonds. The number of sulfone groups is 1. The molecule has 208 valence electrons. The molecule has 0 spiro atoms. The lowest BCUT2D eigenvalue weighted by Gasteiger charge is -2.33. The lowest BCUT2D eigenvalue weighted by atomic mass is 10.2. The van der Waals surface area contributed by atoms with Crippen molar-refractivity contribution in [1.82, 2.24) is 13.8 Å². The highest BCUT2D eigenvalue weighted by Crippen LogP contribution is 2.23. The molecule has 1 fully saturated rings. The number of fused-ring (bicyclic) bond motifs is 1. The van der Waals surface area contributed by atoms with E-state index in [9.17, 15) is 26.4 Å². The molecule has 0 unspecified atom stereocenters. The average Bonchev–Trinajstić information content (AvgIpc) is 3.24. The van der Waals surface area contributed by atoms with Crippen LogP contribution >= 0.6 is 11.3 Å². The Morgan fingerprint density at radius 3 is 2.26 bits per heavy atom. The summed E-state index contributed by atoms with van der Waals surface area (Å²) in [5, 5.41) is 0. The van der Waals surface area contributed by atoms with Crippen LogP contribution < -0.4 is 4.80 Å². The fraction of sp³-hybridized carbons (Fsp3) is 0.320. The number of carbonyl (C=O) groups excluding carboxylic acids is 2. The van der Waals surface area contributed by atoms with Gasteiger partial charge in [0.25, 0.3) is 5.91 Å². The molecule has 0 bridgehead atoms. The molecular formula is C25H28N4O7S3. The van der Waals surface area contributed by atoms with Crippen molar-refractivity contribution in [2.24, 2.45) is 4.99 Å². The van der Waals surface area contributed by atoms with Crippen molar-refractivity contribution in [3.8, 4) is 0 Å². The number of sulfonamides is 1. The van der Waals surface area contributed by atoms with Gasteiger partial charge in [-0.05, 0) is 49.4 Å². The number of thiazole rings is 1. The topological polar surface area (TPSA) is 135 Å². The van der Waals surface area contributed by atoms with Crippen LogP contribution in [0, 0.1) is 0 Å². The van der Waals surface area contributed by atoms with Crippen LogP contribution in [-0.4, -0.2) is 81.6 Å². The van der Waals surface area contributed by atoms with Crippen LogP contribution in [0.4, 0.5) is 4.79 Å². The Morgan fingerprint density at radius 1 is 1.03 bits per heavy atom. The third kappa shape index (κ3) is 6.13. The maximum absolute atomic E-state index is 13.1. The zero-order chi connectivity index (χ0) is 28.4. The normalized spacial score (nSPS) is 15.4. The van der Waals surface area contributed by atoms with E-state index in [4.69, 9.17) is 4.74 Å². The molecule has 39 heavy (non-hydrogen) atoms. The Morgan fingerprint density at radius 2 is 1.67 bits per heavy atom. The molecule has 0 radical (unpaired) electrons. The third-order valence-electron chi connectivity index (χ3n) is 6.09. The number of carbonyl (C=O) groups is 2. The fourth-order valence-corrected chi connectivity index (χ4v) is 7.29. The van der Waals surface area contributed by atoms with E-state index in [1.165, 1.54) is 50.9 Å². The second kappa shape index (κ2) is 11.4. The highest BCUT2D eigenvalue weighted by molar-refractivity contribution is 7.90. The Bertz CT molecular complexity index is 1700. The van der Waals surface area contributed by atoms with Crippen molar-refractivity contribution in [1.29, 1.82) is 0 Å². The summed E-state index contributed by atoms with van der Waals surface area (Å²) in [7, 11) is -7.23. The van der Waals surface area contributed by atoms with Crippen LogP contribution in [0.1, 0.15) is 17.3 Å². The fourth-order valence-electron chi connectivity index (χ4n) is 4.07. The summed E-state index contributed by atoms with van der Waals surface area (Å²) < 4.78 is 58.8. The Hall–Kier alpha value is -3.33. The highest BCUT2D eigenvalue weighted by atomic mass is 32.2. The Labute approximate surface area is 230 Å². The minimum atomic E-state index is -3.82. The summed E-state index contributed by atoms with van der Waals surface area (Å²) >= 11 is 1.17. The molecule has 4 rings (SSSR count). The first-order valence-corrected chi connectivity index (χ1v) is 16.2. The maximum atomic E-state index is 13.1. The zero-order valence-corrected chi connectivity index (χ0v) is 23.9. The Kier molecular flexibility index (Phi) is 8.39. The maximum Gasteiger partial charge on any atom is 0.409 e. The van der Waals surface area contributed by atoms with Gasteiger partial charge in [-0.1, -0.05) is 17.4 Å². The van der Waals surface area contributed by atoms with Gasteiger partial charge in [0.05, 0.1) is 26.6 Å². The first-order chi connectivity index (χ1) is 18.5. The first kappa shape index (κ1) is 28.7. The van der Waals surface area contributed by atoms with Gasteiger partial charge in [-0.15, -0.1) is 6.58 Å². The summed E-state index contributed by atoms with van der Waals surface area (Å²) in [6, 6.07) is 10.2. The quantitative estimate of drug-likeness (QED) is 0.385. The van der Waals surface area contributed by atoms with Gasteiger partial charge in [-0.3, -0.25) is 4.79 Å². The van der Waals surface area contributed by atoms with E-state index in [0.717, 1.165) is 6.26 Å². The van der Waals surface area contributed by atoms with E-state index >= 15 is 0 Å². The predicted octanol–water partition coefficient (Wildman–Crippen LogP) is 2.50. The highest BCUT2D eigenvalue weighted by Gasteiger charge is 2.30. The van der Waals surface area contributed by atoms with Crippen LogP contribution in [0.25, 0.3) is 10.2 Å². The summed E-state index contributed by atoms with van der Waals surface area (Å²) in [5.41, 5.74) is 0.906. The number of nitrogens with zero attached hydrogens (tertiary/aromatic N) is 4. The van der Waals surface area contributed by atoms with Crippen molar-refractivity contribution in [3.63, 3.8) is 0 Å². The smallest absolute Gasteiger partial charge is 0.409 e.